The van der Waals surface area contributed by atoms with E-state index in [1.807, 2.05) is 0 Å². The van der Waals surface area contributed by atoms with Gasteiger partial charge in [-0.2, -0.15) is 0 Å². The quantitative estimate of drug-likeness (QED) is 0.759. The maximum absolute atomic E-state index is 4.31. The molecule has 0 aliphatic rings. The fraction of sp³-hybridized carbons (Fsp3) is 0.500. The Morgan fingerprint density at radius 2 is 1.80 bits per heavy atom. The molecule has 0 fully saturated rings. The Labute approximate surface area is 125 Å². The van der Waals surface area contributed by atoms with Crippen molar-refractivity contribution in [2.45, 2.75) is 39.5 Å². The number of aromatic nitrogens is 2. The number of hydrogen-bond acceptors (Lipinski definition) is 4. The van der Waals surface area contributed by atoms with E-state index in [0.717, 1.165) is 43.8 Å². The molecule has 1 heterocycles. The van der Waals surface area contributed by atoms with Crippen molar-refractivity contribution in [2.24, 2.45) is 0 Å². The van der Waals surface area contributed by atoms with Crippen LogP contribution in [0.3, 0.4) is 0 Å². The Kier molecular flexibility index (Phi) is 6.15. The number of hydrogen-bond donors (Lipinski definition) is 1. The molecule has 2 aromatic rings. The summed E-state index contributed by atoms with van der Waals surface area (Å²) in [4.78, 5) is 0. The molecule has 0 atom stereocenters. The highest BCUT2D eigenvalue weighted by molar-refractivity contribution is 7.11. The molecule has 1 N–H and O–H groups in total. The first-order valence-electron chi connectivity index (χ1n) is 7.36. The van der Waals surface area contributed by atoms with Gasteiger partial charge in [0.1, 0.15) is 10.0 Å². The summed E-state index contributed by atoms with van der Waals surface area (Å²) < 4.78 is 0. The summed E-state index contributed by atoms with van der Waals surface area (Å²) in [6.45, 7) is 6.41. The molecule has 2 rings (SSSR count). The van der Waals surface area contributed by atoms with Crippen LogP contribution in [-0.2, 0) is 19.3 Å². The van der Waals surface area contributed by atoms with Crippen molar-refractivity contribution in [1.82, 2.24) is 15.5 Å². The summed E-state index contributed by atoms with van der Waals surface area (Å²) >= 11 is 1.77. The van der Waals surface area contributed by atoms with E-state index < -0.39 is 0 Å². The van der Waals surface area contributed by atoms with Crippen LogP contribution in [0.4, 0.5) is 0 Å². The molecule has 0 aliphatic heterocycles. The van der Waals surface area contributed by atoms with Crippen molar-refractivity contribution in [3.8, 4) is 0 Å². The van der Waals surface area contributed by atoms with Crippen molar-refractivity contribution in [3.05, 3.63) is 45.4 Å². The van der Waals surface area contributed by atoms with E-state index in [9.17, 15) is 0 Å². The first kappa shape index (κ1) is 15.1. The normalized spacial score (nSPS) is 10.9. The van der Waals surface area contributed by atoms with Gasteiger partial charge in [-0.1, -0.05) is 31.2 Å². The fourth-order valence-electron chi connectivity index (χ4n) is 2.16. The lowest BCUT2D eigenvalue weighted by molar-refractivity contribution is 0.668. The average Bonchev–Trinajstić information content (AvgIpc) is 2.91. The zero-order chi connectivity index (χ0) is 14.2. The molecular weight excluding hydrogens is 266 g/mol. The van der Waals surface area contributed by atoms with E-state index in [2.05, 4.69) is 53.6 Å². The van der Waals surface area contributed by atoms with Gasteiger partial charge in [0.2, 0.25) is 0 Å². The monoisotopic (exact) mass is 289 g/mol. The van der Waals surface area contributed by atoms with Crippen molar-refractivity contribution < 1.29 is 0 Å². The smallest absolute Gasteiger partial charge is 0.117 e. The number of nitrogens with one attached hydrogen (secondary N) is 1. The molecule has 0 aliphatic carbocycles. The zero-order valence-electron chi connectivity index (χ0n) is 12.4. The molecule has 1 aromatic heterocycles. The van der Waals surface area contributed by atoms with Crippen LogP contribution in [0.25, 0.3) is 0 Å². The maximum atomic E-state index is 4.31. The molecule has 0 amide bonds. The van der Waals surface area contributed by atoms with Gasteiger partial charge in [-0.3, -0.25) is 0 Å². The number of nitrogens with zero attached hydrogens (tertiary/aromatic N) is 2. The summed E-state index contributed by atoms with van der Waals surface area (Å²) in [7, 11) is 0. The minimum Gasteiger partial charge on any atom is -0.317 e. The Morgan fingerprint density at radius 1 is 1.05 bits per heavy atom. The van der Waals surface area contributed by atoms with Gasteiger partial charge in [0.05, 0.1) is 0 Å². The van der Waals surface area contributed by atoms with Crippen LogP contribution < -0.4 is 5.32 Å². The third kappa shape index (κ3) is 4.69. The van der Waals surface area contributed by atoms with Gasteiger partial charge >= 0.3 is 0 Å². The zero-order valence-corrected chi connectivity index (χ0v) is 13.2. The lowest BCUT2D eigenvalue weighted by Gasteiger charge is -2.02. The predicted molar refractivity (Wildman–Crippen MR) is 85.4 cm³/mol. The molecule has 4 heteroatoms. The van der Waals surface area contributed by atoms with Crippen LogP contribution in [0.2, 0.25) is 0 Å². The van der Waals surface area contributed by atoms with Gasteiger partial charge < -0.3 is 5.32 Å². The predicted octanol–water partition coefficient (Wildman–Crippen LogP) is 3.17. The molecule has 0 bridgehead atoms. The molecule has 0 spiro atoms. The largest absolute Gasteiger partial charge is 0.317 e. The molecule has 0 radical (unpaired) electrons. The van der Waals surface area contributed by atoms with Crippen LogP contribution in [-0.4, -0.2) is 23.3 Å². The third-order valence-electron chi connectivity index (χ3n) is 3.37. The first-order valence-corrected chi connectivity index (χ1v) is 8.17. The van der Waals surface area contributed by atoms with E-state index in [1.54, 1.807) is 11.3 Å². The highest BCUT2D eigenvalue weighted by Gasteiger charge is 2.05. The summed E-state index contributed by atoms with van der Waals surface area (Å²) in [5.74, 6) is 0. The lowest BCUT2D eigenvalue weighted by atomic mass is 10.0. The summed E-state index contributed by atoms with van der Waals surface area (Å²) in [5, 5.41) is 14.3. The van der Waals surface area contributed by atoms with Crippen molar-refractivity contribution >= 4 is 11.3 Å². The fourth-order valence-corrected chi connectivity index (χ4v) is 3.05. The standard InChI is InChI=1S/C16H23N3S/c1-3-17-12-6-9-15-18-19-16(20-15)11-10-14-8-5-4-7-13(14)2/h4-5,7-8,17H,3,6,9-12H2,1-2H3. The molecule has 0 saturated carbocycles. The second-order valence-electron chi connectivity index (χ2n) is 4.97. The summed E-state index contributed by atoms with van der Waals surface area (Å²) in [6.07, 6.45) is 4.23. The van der Waals surface area contributed by atoms with Gasteiger partial charge in [0, 0.05) is 12.8 Å². The van der Waals surface area contributed by atoms with E-state index in [1.165, 1.54) is 16.1 Å². The SMILES string of the molecule is CCNCCCc1nnc(CCc2ccccc2C)s1. The number of benzene rings is 1. The summed E-state index contributed by atoms with van der Waals surface area (Å²) in [6, 6.07) is 8.57. The Balaban J connectivity index is 1.79. The molecule has 3 nitrogen and oxygen atoms in total. The van der Waals surface area contributed by atoms with Crippen molar-refractivity contribution in [1.29, 1.82) is 0 Å². The minimum absolute atomic E-state index is 0.996. The Hall–Kier alpha value is -1.26. The van der Waals surface area contributed by atoms with Crippen LogP contribution >= 0.6 is 11.3 Å². The molecule has 108 valence electrons. The highest BCUT2D eigenvalue weighted by atomic mass is 32.1. The molecule has 0 unspecified atom stereocenters. The third-order valence-corrected chi connectivity index (χ3v) is 4.42. The molecular formula is C16H23N3S. The second kappa shape index (κ2) is 8.12. The molecule has 1 aromatic carbocycles. The number of aryl methyl sites for hydroxylation is 4. The lowest BCUT2D eigenvalue weighted by Crippen LogP contribution is -2.14. The van der Waals surface area contributed by atoms with E-state index >= 15 is 0 Å². The van der Waals surface area contributed by atoms with E-state index in [0.29, 0.717) is 0 Å². The van der Waals surface area contributed by atoms with Gasteiger partial charge in [-0.15, -0.1) is 21.5 Å². The Morgan fingerprint density at radius 3 is 2.55 bits per heavy atom. The van der Waals surface area contributed by atoms with Gasteiger partial charge in [-0.05, 0) is 44.0 Å². The van der Waals surface area contributed by atoms with Crippen LogP contribution in [0.1, 0.15) is 34.5 Å². The van der Waals surface area contributed by atoms with Crippen LogP contribution in [0.15, 0.2) is 24.3 Å². The topological polar surface area (TPSA) is 37.8 Å². The number of rotatable bonds is 8. The summed E-state index contributed by atoms with van der Waals surface area (Å²) in [5.41, 5.74) is 2.78. The van der Waals surface area contributed by atoms with Gasteiger partial charge in [0.15, 0.2) is 0 Å². The van der Waals surface area contributed by atoms with Gasteiger partial charge in [0.25, 0.3) is 0 Å². The van der Waals surface area contributed by atoms with Crippen molar-refractivity contribution in [2.75, 3.05) is 13.1 Å². The molecule has 0 saturated heterocycles. The van der Waals surface area contributed by atoms with E-state index in [-0.39, 0.29) is 0 Å². The highest BCUT2D eigenvalue weighted by Crippen LogP contribution is 2.15. The minimum atomic E-state index is 0.996. The second-order valence-corrected chi connectivity index (χ2v) is 6.12. The average molecular weight is 289 g/mol. The van der Waals surface area contributed by atoms with E-state index in [4.69, 9.17) is 0 Å². The van der Waals surface area contributed by atoms with Crippen LogP contribution in [0.5, 0.6) is 0 Å². The van der Waals surface area contributed by atoms with Crippen LogP contribution in [0, 0.1) is 6.92 Å². The van der Waals surface area contributed by atoms with Crippen molar-refractivity contribution in [3.63, 3.8) is 0 Å². The molecule has 20 heavy (non-hydrogen) atoms. The van der Waals surface area contributed by atoms with Gasteiger partial charge in [-0.25, -0.2) is 0 Å². The Bertz CT molecular complexity index is 522. The first-order chi connectivity index (χ1) is 9.79. The maximum Gasteiger partial charge on any atom is 0.117 e.